The summed E-state index contributed by atoms with van der Waals surface area (Å²) in [5.41, 5.74) is 1.43. The third kappa shape index (κ3) is 5.36. The van der Waals surface area contributed by atoms with Crippen LogP contribution in [0.3, 0.4) is 0 Å². The largest absolute Gasteiger partial charge is 0.394 e. The average Bonchev–Trinajstić information content (AvgIpc) is 2.45. The zero-order chi connectivity index (χ0) is 15.0. The Morgan fingerprint density at radius 1 is 1.50 bits per heavy atom. The molecule has 6 nitrogen and oxygen atoms in total. The lowest BCUT2D eigenvalue weighted by Gasteiger charge is -2.09. The second-order valence-corrected chi connectivity index (χ2v) is 5.42. The summed E-state index contributed by atoms with van der Waals surface area (Å²) in [4.78, 5) is 10.7. The Bertz CT molecular complexity index is 442. The van der Waals surface area contributed by atoms with Gasteiger partial charge in [0.15, 0.2) is 0 Å². The van der Waals surface area contributed by atoms with E-state index < -0.39 is 11.0 Å². The molecule has 20 heavy (non-hydrogen) atoms. The van der Waals surface area contributed by atoms with Gasteiger partial charge in [-0.2, -0.15) is 11.8 Å². The lowest BCUT2D eigenvalue weighted by Crippen LogP contribution is -2.14. The van der Waals surface area contributed by atoms with Crippen LogP contribution in [0.1, 0.15) is 18.9 Å². The molecule has 3 N–H and O–H groups in total. The quantitative estimate of drug-likeness (QED) is 0.477. The van der Waals surface area contributed by atoms with E-state index >= 15 is 0 Å². The predicted molar refractivity (Wildman–Crippen MR) is 81.1 cm³/mol. The lowest BCUT2D eigenvalue weighted by atomic mass is 10.2. The van der Waals surface area contributed by atoms with Gasteiger partial charge in [-0.1, -0.05) is 13.0 Å². The summed E-state index contributed by atoms with van der Waals surface area (Å²) in [6.07, 6.45) is 0.147. The van der Waals surface area contributed by atoms with Gasteiger partial charge < -0.3 is 15.5 Å². The van der Waals surface area contributed by atoms with Crippen molar-refractivity contribution in [3.8, 4) is 0 Å². The fourth-order valence-electron chi connectivity index (χ4n) is 1.59. The molecule has 112 valence electrons. The summed E-state index contributed by atoms with van der Waals surface area (Å²) >= 11 is 1.43. The molecule has 1 aromatic rings. The molecule has 0 aliphatic heterocycles. The van der Waals surface area contributed by atoms with Crippen molar-refractivity contribution in [2.45, 2.75) is 25.2 Å². The molecule has 0 aliphatic rings. The topological polar surface area (TPSA) is 95.6 Å². The summed E-state index contributed by atoms with van der Waals surface area (Å²) in [6.45, 7) is 2.42. The molecule has 0 fully saturated rings. The minimum absolute atomic E-state index is 0.0688. The number of benzene rings is 1. The zero-order valence-corrected chi connectivity index (χ0v) is 12.2. The molecule has 0 spiro atoms. The average molecular weight is 300 g/mol. The Kier molecular flexibility index (Phi) is 7.35. The minimum Gasteiger partial charge on any atom is -0.394 e. The molecular formula is C13H20N2O4S. The number of nitrogens with zero attached hydrogens (tertiary/aromatic N) is 1. The fourth-order valence-corrected chi connectivity index (χ4v) is 2.50. The van der Waals surface area contributed by atoms with E-state index in [1.54, 1.807) is 12.1 Å². The van der Waals surface area contributed by atoms with Gasteiger partial charge in [0.1, 0.15) is 5.69 Å². The Morgan fingerprint density at radius 3 is 2.85 bits per heavy atom. The number of hydrogen-bond donors (Lipinski definition) is 3. The molecule has 0 aliphatic carbocycles. The van der Waals surface area contributed by atoms with E-state index in [0.29, 0.717) is 23.7 Å². The number of thioether (sulfide) groups is 1. The highest BCUT2D eigenvalue weighted by Crippen LogP contribution is 2.27. The summed E-state index contributed by atoms with van der Waals surface area (Å²) in [6, 6.07) is 5.10. The van der Waals surface area contributed by atoms with Crippen LogP contribution in [0.25, 0.3) is 0 Å². The predicted octanol–water partition coefficient (Wildman–Crippen LogP) is 2.00. The number of rotatable bonds is 9. The third-order valence-electron chi connectivity index (χ3n) is 2.61. The number of nitro groups is 1. The Balaban J connectivity index is 2.69. The molecule has 0 radical (unpaired) electrons. The second-order valence-electron chi connectivity index (χ2n) is 4.39. The van der Waals surface area contributed by atoms with E-state index in [4.69, 9.17) is 5.11 Å². The van der Waals surface area contributed by atoms with Crippen molar-refractivity contribution >= 4 is 23.1 Å². The minimum atomic E-state index is -0.750. The van der Waals surface area contributed by atoms with Crippen molar-refractivity contribution in [1.29, 1.82) is 0 Å². The van der Waals surface area contributed by atoms with Gasteiger partial charge in [0.05, 0.1) is 17.6 Å². The van der Waals surface area contributed by atoms with Crippen LogP contribution >= 0.6 is 11.8 Å². The smallest absolute Gasteiger partial charge is 0.292 e. The van der Waals surface area contributed by atoms with Gasteiger partial charge in [-0.15, -0.1) is 0 Å². The van der Waals surface area contributed by atoms with Gasteiger partial charge in [0, 0.05) is 24.1 Å². The first-order chi connectivity index (χ1) is 9.58. The van der Waals surface area contributed by atoms with E-state index in [2.05, 4.69) is 5.32 Å². The Hall–Kier alpha value is -1.31. The van der Waals surface area contributed by atoms with Gasteiger partial charge in [-0.3, -0.25) is 10.1 Å². The summed E-state index contributed by atoms with van der Waals surface area (Å²) < 4.78 is 0. The van der Waals surface area contributed by atoms with Gasteiger partial charge in [0.25, 0.3) is 5.69 Å². The third-order valence-corrected chi connectivity index (χ3v) is 3.77. The van der Waals surface area contributed by atoms with E-state index in [9.17, 15) is 15.2 Å². The first-order valence-corrected chi connectivity index (χ1v) is 7.61. The molecule has 0 bridgehead atoms. The van der Waals surface area contributed by atoms with Gasteiger partial charge in [-0.05, 0) is 18.1 Å². The van der Waals surface area contributed by atoms with Crippen molar-refractivity contribution in [1.82, 2.24) is 0 Å². The van der Waals surface area contributed by atoms with Crippen molar-refractivity contribution in [3.05, 3.63) is 33.9 Å². The van der Waals surface area contributed by atoms with Crippen LogP contribution in [0.15, 0.2) is 18.2 Å². The van der Waals surface area contributed by atoms with Gasteiger partial charge in [-0.25, -0.2) is 0 Å². The summed E-state index contributed by atoms with van der Waals surface area (Å²) in [7, 11) is 0. The normalized spacial score (nSPS) is 12.2. The van der Waals surface area contributed by atoms with E-state index in [1.165, 1.54) is 11.8 Å². The maximum absolute atomic E-state index is 11.1. The first kappa shape index (κ1) is 16.7. The molecular weight excluding hydrogens is 280 g/mol. The molecule has 1 aromatic carbocycles. The molecule has 7 heteroatoms. The molecule has 1 rings (SSSR count). The zero-order valence-electron chi connectivity index (χ0n) is 11.4. The van der Waals surface area contributed by atoms with E-state index in [-0.39, 0.29) is 12.3 Å². The van der Waals surface area contributed by atoms with Crippen molar-refractivity contribution < 1.29 is 15.1 Å². The maximum atomic E-state index is 11.1. The van der Waals surface area contributed by atoms with Crippen LogP contribution in [0, 0.1) is 10.1 Å². The highest BCUT2D eigenvalue weighted by atomic mass is 32.2. The maximum Gasteiger partial charge on any atom is 0.292 e. The van der Waals surface area contributed by atoms with E-state index in [0.717, 1.165) is 12.0 Å². The number of aliphatic hydroxyl groups excluding tert-OH is 2. The van der Waals surface area contributed by atoms with Crippen molar-refractivity contribution in [2.75, 3.05) is 24.2 Å². The molecule has 1 atom stereocenters. The SMILES string of the molecule is CCCNc1ccc(CSCC(O)CO)cc1[N+](=O)[O-]. The number of anilines is 1. The van der Waals surface area contributed by atoms with E-state index in [1.807, 2.05) is 13.0 Å². The summed E-state index contributed by atoms with van der Waals surface area (Å²) in [5, 5.41) is 32.0. The number of nitrogens with one attached hydrogen (secondary N) is 1. The molecule has 1 unspecified atom stereocenters. The van der Waals surface area contributed by atoms with Crippen molar-refractivity contribution in [2.24, 2.45) is 0 Å². The molecule has 0 saturated carbocycles. The van der Waals surface area contributed by atoms with Gasteiger partial charge in [0.2, 0.25) is 0 Å². The first-order valence-electron chi connectivity index (χ1n) is 6.46. The highest BCUT2D eigenvalue weighted by molar-refractivity contribution is 7.98. The lowest BCUT2D eigenvalue weighted by molar-refractivity contribution is -0.384. The highest BCUT2D eigenvalue weighted by Gasteiger charge is 2.14. The number of hydrogen-bond acceptors (Lipinski definition) is 6. The van der Waals surface area contributed by atoms with Crippen LogP contribution in [-0.2, 0) is 5.75 Å². The molecule has 0 heterocycles. The fraction of sp³-hybridized carbons (Fsp3) is 0.538. The Labute approximate surface area is 122 Å². The van der Waals surface area contributed by atoms with Crippen LogP contribution < -0.4 is 5.32 Å². The van der Waals surface area contributed by atoms with Crippen LogP contribution in [-0.4, -0.2) is 40.1 Å². The number of aliphatic hydroxyl groups is 2. The second kappa shape index (κ2) is 8.78. The Morgan fingerprint density at radius 2 is 2.25 bits per heavy atom. The number of nitro benzene ring substituents is 1. The van der Waals surface area contributed by atoms with Crippen LogP contribution in [0.4, 0.5) is 11.4 Å². The molecule has 0 aromatic heterocycles. The van der Waals surface area contributed by atoms with Crippen molar-refractivity contribution in [3.63, 3.8) is 0 Å². The van der Waals surface area contributed by atoms with Crippen LogP contribution in [0.2, 0.25) is 0 Å². The van der Waals surface area contributed by atoms with Gasteiger partial charge >= 0.3 is 0 Å². The van der Waals surface area contributed by atoms with Crippen LogP contribution in [0.5, 0.6) is 0 Å². The standard InChI is InChI=1S/C13H20N2O4S/c1-2-5-14-12-4-3-10(6-13(12)15(18)19)8-20-9-11(17)7-16/h3-4,6,11,14,16-17H,2,5,7-9H2,1H3. The monoisotopic (exact) mass is 300 g/mol. The molecule has 0 amide bonds. The molecule has 0 saturated heterocycles. The summed E-state index contributed by atoms with van der Waals surface area (Å²) in [5.74, 6) is 0.964.